The zero-order chi connectivity index (χ0) is 20.4. The predicted octanol–water partition coefficient (Wildman–Crippen LogP) is 3.31. The summed E-state index contributed by atoms with van der Waals surface area (Å²) in [5.74, 6) is 0.768. The molecule has 1 aliphatic carbocycles. The second-order valence-corrected chi connectivity index (χ2v) is 6.88. The lowest BCUT2D eigenvalue weighted by atomic mass is 10.1. The maximum absolute atomic E-state index is 12.5. The zero-order valence-corrected chi connectivity index (χ0v) is 15.7. The van der Waals surface area contributed by atoms with E-state index in [1.54, 1.807) is 31.2 Å². The van der Waals surface area contributed by atoms with E-state index in [1.807, 2.05) is 0 Å². The van der Waals surface area contributed by atoms with Crippen molar-refractivity contribution >= 4 is 17.6 Å². The van der Waals surface area contributed by atoms with Crippen LogP contribution in [0.2, 0.25) is 0 Å². The van der Waals surface area contributed by atoms with Gasteiger partial charge in [0, 0.05) is 17.2 Å². The molecule has 9 nitrogen and oxygen atoms in total. The number of carbonyl (C=O) groups is 2. The number of hydrogen-bond donors (Lipinski definition) is 2. The number of ether oxygens (including phenoxy) is 1. The smallest absolute Gasteiger partial charge is 0.311 e. The van der Waals surface area contributed by atoms with E-state index in [0.29, 0.717) is 34.6 Å². The first kappa shape index (κ1) is 18.7. The molecular formula is C20H19N3O6. The summed E-state index contributed by atoms with van der Waals surface area (Å²) in [5.41, 5.74) is 1.35. The number of furan rings is 1. The second-order valence-electron chi connectivity index (χ2n) is 6.88. The Morgan fingerprint density at radius 1 is 1.28 bits per heavy atom. The average molecular weight is 397 g/mol. The molecule has 2 heterocycles. The van der Waals surface area contributed by atoms with E-state index in [9.17, 15) is 9.59 Å². The Labute approximate surface area is 165 Å². The van der Waals surface area contributed by atoms with Crippen LogP contribution in [0.4, 0.5) is 5.69 Å². The number of hydrogen-bond acceptors (Lipinski definition) is 7. The molecule has 0 radical (unpaired) electrons. The van der Waals surface area contributed by atoms with E-state index >= 15 is 0 Å². The van der Waals surface area contributed by atoms with Crippen molar-refractivity contribution in [3.8, 4) is 5.75 Å². The minimum atomic E-state index is -1.07. The van der Waals surface area contributed by atoms with Crippen molar-refractivity contribution in [2.24, 2.45) is 0 Å². The molecule has 0 atom stereocenters. The zero-order valence-electron chi connectivity index (χ0n) is 15.7. The molecule has 0 saturated heterocycles. The van der Waals surface area contributed by atoms with Gasteiger partial charge < -0.3 is 24.1 Å². The molecular weight excluding hydrogens is 378 g/mol. The third kappa shape index (κ3) is 4.45. The number of carbonyl (C=O) groups excluding carboxylic acids is 1. The number of rotatable bonds is 8. The number of carboxylic acid groups (broad SMARTS) is 1. The number of aryl methyl sites for hydroxylation is 1. The van der Waals surface area contributed by atoms with Gasteiger partial charge in [0.25, 0.3) is 5.91 Å². The maximum atomic E-state index is 12.5. The number of anilines is 1. The number of aromatic nitrogens is 2. The van der Waals surface area contributed by atoms with Crippen molar-refractivity contribution in [2.45, 2.75) is 38.7 Å². The molecule has 0 bridgehead atoms. The number of nitrogens with zero attached hydrogens (tertiary/aromatic N) is 2. The van der Waals surface area contributed by atoms with Crippen LogP contribution in [0.3, 0.4) is 0 Å². The number of amides is 1. The fourth-order valence-corrected chi connectivity index (χ4v) is 2.87. The summed E-state index contributed by atoms with van der Waals surface area (Å²) in [5, 5.41) is 15.6. The highest BCUT2D eigenvalue weighted by Gasteiger charge is 2.29. The molecule has 1 saturated carbocycles. The topological polar surface area (TPSA) is 128 Å². The van der Waals surface area contributed by atoms with Crippen LogP contribution in [0.5, 0.6) is 5.75 Å². The van der Waals surface area contributed by atoms with Crippen LogP contribution in [0.25, 0.3) is 0 Å². The standard InChI is InChI=1S/C20H19N3O6/c1-11-9-28-15(8-17(24)25)18(11)19(26)21-13-4-6-14(7-5-13)27-10-16-22-20(29-23-16)12-2-3-12/h4-7,9,12H,2-3,8,10H2,1H3,(H,21,26)(H,24,25). The highest BCUT2D eigenvalue weighted by Crippen LogP contribution is 2.38. The van der Waals surface area contributed by atoms with E-state index < -0.39 is 11.9 Å². The highest BCUT2D eigenvalue weighted by atomic mass is 16.5. The third-order valence-electron chi connectivity index (χ3n) is 4.48. The Balaban J connectivity index is 1.36. The lowest BCUT2D eigenvalue weighted by Crippen LogP contribution is -2.15. The van der Waals surface area contributed by atoms with Crippen molar-refractivity contribution in [3.63, 3.8) is 0 Å². The summed E-state index contributed by atoms with van der Waals surface area (Å²) >= 11 is 0. The SMILES string of the molecule is Cc1coc(CC(=O)O)c1C(=O)Nc1ccc(OCc2noc(C3CC3)n2)cc1. The summed E-state index contributed by atoms with van der Waals surface area (Å²) in [6.45, 7) is 1.88. The second kappa shape index (κ2) is 7.78. The van der Waals surface area contributed by atoms with Gasteiger partial charge in [0.1, 0.15) is 17.9 Å². The lowest BCUT2D eigenvalue weighted by molar-refractivity contribution is -0.136. The predicted molar refractivity (Wildman–Crippen MR) is 99.8 cm³/mol. The molecule has 1 fully saturated rings. The molecule has 0 unspecified atom stereocenters. The molecule has 150 valence electrons. The molecule has 9 heteroatoms. The largest absolute Gasteiger partial charge is 0.485 e. The number of nitrogens with one attached hydrogen (secondary N) is 1. The number of benzene rings is 1. The lowest BCUT2D eigenvalue weighted by Gasteiger charge is -2.08. The van der Waals surface area contributed by atoms with Crippen LogP contribution in [0.15, 0.2) is 39.5 Å². The maximum Gasteiger partial charge on any atom is 0.311 e. The first-order valence-corrected chi connectivity index (χ1v) is 9.15. The van der Waals surface area contributed by atoms with Gasteiger partial charge in [-0.15, -0.1) is 0 Å². The first-order valence-electron chi connectivity index (χ1n) is 9.15. The van der Waals surface area contributed by atoms with Crippen LogP contribution in [0.1, 0.15) is 52.2 Å². The molecule has 0 spiro atoms. The normalized spacial score (nSPS) is 13.3. The Morgan fingerprint density at radius 2 is 2.03 bits per heavy atom. The minimum Gasteiger partial charge on any atom is -0.485 e. The Kier molecular flexibility index (Phi) is 5.03. The van der Waals surface area contributed by atoms with Gasteiger partial charge in [0.15, 0.2) is 6.61 Å². The molecule has 4 rings (SSSR count). The number of carboxylic acids is 1. The van der Waals surface area contributed by atoms with Crippen LogP contribution < -0.4 is 10.1 Å². The molecule has 1 aromatic carbocycles. The summed E-state index contributed by atoms with van der Waals surface area (Å²) in [7, 11) is 0. The van der Waals surface area contributed by atoms with Crippen molar-refractivity contribution in [2.75, 3.05) is 5.32 Å². The Hall–Kier alpha value is -3.62. The van der Waals surface area contributed by atoms with E-state index in [-0.39, 0.29) is 24.4 Å². The molecule has 0 aliphatic heterocycles. The summed E-state index contributed by atoms with van der Waals surface area (Å²) < 4.78 is 16.0. The van der Waals surface area contributed by atoms with Gasteiger partial charge in [-0.2, -0.15) is 4.98 Å². The third-order valence-corrected chi connectivity index (χ3v) is 4.48. The van der Waals surface area contributed by atoms with Gasteiger partial charge in [-0.1, -0.05) is 5.16 Å². The van der Waals surface area contributed by atoms with Gasteiger partial charge in [0.2, 0.25) is 11.7 Å². The molecule has 1 amide bonds. The Morgan fingerprint density at radius 3 is 2.72 bits per heavy atom. The molecule has 1 aliphatic rings. The van der Waals surface area contributed by atoms with E-state index in [2.05, 4.69) is 15.5 Å². The van der Waals surface area contributed by atoms with Gasteiger partial charge >= 0.3 is 5.97 Å². The van der Waals surface area contributed by atoms with E-state index in [0.717, 1.165) is 12.8 Å². The minimum absolute atomic E-state index is 0.123. The summed E-state index contributed by atoms with van der Waals surface area (Å²) in [6.07, 6.45) is 3.19. The fraction of sp³-hybridized carbons (Fsp3) is 0.300. The fourth-order valence-electron chi connectivity index (χ4n) is 2.87. The average Bonchev–Trinajstić information content (AvgIpc) is 3.32. The van der Waals surface area contributed by atoms with Crippen molar-refractivity contribution in [3.05, 3.63) is 59.1 Å². The van der Waals surface area contributed by atoms with Gasteiger partial charge in [0.05, 0.1) is 11.8 Å². The van der Waals surface area contributed by atoms with Gasteiger partial charge in [-0.3, -0.25) is 9.59 Å². The van der Waals surface area contributed by atoms with Crippen LogP contribution in [0, 0.1) is 6.92 Å². The summed E-state index contributed by atoms with van der Waals surface area (Å²) in [4.78, 5) is 27.8. The molecule has 3 aromatic rings. The van der Waals surface area contributed by atoms with Crippen molar-refractivity contribution in [1.82, 2.24) is 10.1 Å². The Bertz CT molecular complexity index is 1030. The monoisotopic (exact) mass is 397 g/mol. The van der Waals surface area contributed by atoms with Gasteiger partial charge in [-0.25, -0.2) is 0 Å². The van der Waals surface area contributed by atoms with Crippen molar-refractivity contribution in [1.29, 1.82) is 0 Å². The first-order chi connectivity index (χ1) is 14.0. The molecule has 2 N–H and O–H groups in total. The molecule has 29 heavy (non-hydrogen) atoms. The van der Waals surface area contributed by atoms with Crippen LogP contribution in [-0.4, -0.2) is 27.1 Å². The quantitative estimate of drug-likeness (QED) is 0.592. The summed E-state index contributed by atoms with van der Waals surface area (Å²) in [6, 6.07) is 6.78. The van der Waals surface area contributed by atoms with Gasteiger partial charge in [-0.05, 0) is 44.0 Å². The molecule has 2 aromatic heterocycles. The van der Waals surface area contributed by atoms with E-state index in [4.69, 9.17) is 18.8 Å². The number of aliphatic carboxylic acids is 1. The van der Waals surface area contributed by atoms with Crippen LogP contribution in [-0.2, 0) is 17.8 Å². The van der Waals surface area contributed by atoms with E-state index in [1.165, 1.54) is 6.26 Å². The van der Waals surface area contributed by atoms with Crippen molar-refractivity contribution < 1.29 is 28.4 Å². The highest BCUT2D eigenvalue weighted by molar-refractivity contribution is 6.06. The van der Waals surface area contributed by atoms with Crippen LogP contribution >= 0.6 is 0 Å².